The van der Waals surface area contributed by atoms with Crippen molar-refractivity contribution in [3.63, 3.8) is 0 Å². The molecular formula is C20H24N2O5S. The maximum Gasteiger partial charge on any atom is 0.261 e. The highest BCUT2D eigenvalue weighted by atomic mass is 32.2. The smallest absolute Gasteiger partial charge is 0.261 e. The van der Waals surface area contributed by atoms with Gasteiger partial charge in [-0.1, -0.05) is 6.07 Å². The van der Waals surface area contributed by atoms with Gasteiger partial charge in [0.15, 0.2) is 6.61 Å². The Labute approximate surface area is 165 Å². The normalized spacial score (nSPS) is 14.6. The van der Waals surface area contributed by atoms with Gasteiger partial charge in [-0.05, 0) is 61.4 Å². The standard InChI is InChI=1S/C20H24N2O5S/c1-15-11-16(2)13-17(12-15)21-28(24,25)19-5-3-18(4-6-19)27-14-20(23)22-7-9-26-10-8-22/h3-6,11-13,21H,7-10,14H2,1-2H3. The van der Waals surface area contributed by atoms with Crippen LogP contribution in [0.15, 0.2) is 47.4 Å². The number of ether oxygens (including phenoxy) is 2. The number of carbonyl (C=O) groups is 1. The Morgan fingerprint density at radius 3 is 2.29 bits per heavy atom. The number of hydrogen-bond donors (Lipinski definition) is 1. The second-order valence-corrected chi connectivity index (χ2v) is 8.42. The maximum atomic E-state index is 12.6. The molecule has 0 saturated carbocycles. The predicted octanol–water partition coefficient (Wildman–Crippen LogP) is 2.34. The molecule has 1 N–H and O–H groups in total. The fraction of sp³-hybridized carbons (Fsp3) is 0.350. The molecule has 8 heteroatoms. The van der Waals surface area contributed by atoms with Crippen LogP contribution in [0.3, 0.4) is 0 Å². The summed E-state index contributed by atoms with van der Waals surface area (Å²) in [6.07, 6.45) is 0. The van der Waals surface area contributed by atoms with E-state index in [0.717, 1.165) is 11.1 Å². The van der Waals surface area contributed by atoms with Gasteiger partial charge in [-0.2, -0.15) is 0 Å². The zero-order valence-electron chi connectivity index (χ0n) is 16.0. The number of benzene rings is 2. The van der Waals surface area contributed by atoms with E-state index >= 15 is 0 Å². The van der Waals surface area contributed by atoms with Crippen molar-refractivity contribution in [1.29, 1.82) is 0 Å². The van der Waals surface area contributed by atoms with Gasteiger partial charge in [-0.3, -0.25) is 9.52 Å². The number of nitrogens with zero attached hydrogens (tertiary/aromatic N) is 1. The van der Waals surface area contributed by atoms with E-state index in [1.807, 2.05) is 19.9 Å². The fourth-order valence-electron chi connectivity index (χ4n) is 3.01. The van der Waals surface area contributed by atoms with Crippen LogP contribution in [0.2, 0.25) is 0 Å². The highest BCUT2D eigenvalue weighted by Gasteiger charge is 2.18. The molecular weight excluding hydrogens is 380 g/mol. The first kappa shape index (κ1) is 20.2. The molecule has 1 fully saturated rings. The average Bonchev–Trinajstić information content (AvgIpc) is 2.66. The molecule has 1 amide bonds. The van der Waals surface area contributed by atoms with Crippen LogP contribution in [-0.4, -0.2) is 52.1 Å². The van der Waals surface area contributed by atoms with E-state index in [1.165, 1.54) is 12.1 Å². The van der Waals surface area contributed by atoms with Crippen LogP contribution >= 0.6 is 0 Å². The molecule has 28 heavy (non-hydrogen) atoms. The molecule has 1 saturated heterocycles. The van der Waals surface area contributed by atoms with E-state index in [2.05, 4.69) is 4.72 Å². The Morgan fingerprint density at radius 1 is 1.07 bits per heavy atom. The summed E-state index contributed by atoms with van der Waals surface area (Å²) in [6, 6.07) is 11.5. The Bertz CT molecular complexity index is 915. The number of rotatable bonds is 6. The fourth-order valence-corrected chi connectivity index (χ4v) is 4.05. The van der Waals surface area contributed by atoms with E-state index in [9.17, 15) is 13.2 Å². The summed E-state index contributed by atoms with van der Waals surface area (Å²) in [6.45, 7) is 5.92. The van der Waals surface area contributed by atoms with E-state index in [-0.39, 0.29) is 17.4 Å². The molecule has 0 radical (unpaired) electrons. The van der Waals surface area contributed by atoms with Crippen molar-refractivity contribution in [2.24, 2.45) is 0 Å². The lowest BCUT2D eigenvalue weighted by Crippen LogP contribution is -2.42. The summed E-state index contributed by atoms with van der Waals surface area (Å²) in [7, 11) is -3.71. The number of amides is 1. The van der Waals surface area contributed by atoms with Crippen LogP contribution in [0.25, 0.3) is 0 Å². The summed E-state index contributed by atoms with van der Waals surface area (Å²) >= 11 is 0. The largest absolute Gasteiger partial charge is 0.484 e. The van der Waals surface area contributed by atoms with E-state index in [0.29, 0.717) is 37.7 Å². The maximum absolute atomic E-state index is 12.6. The van der Waals surface area contributed by atoms with Gasteiger partial charge < -0.3 is 14.4 Å². The number of hydrogen-bond acceptors (Lipinski definition) is 5. The molecule has 0 aromatic heterocycles. The zero-order chi connectivity index (χ0) is 20.1. The molecule has 0 atom stereocenters. The zero-order valence-corrected chi connectivity index (χ0v) is 16.8. The van der Waals surface area contributed by atoms with Crippen molar-refractivity contribution in [2.45, 2.75) is 18.7 Å². The van der Waals surface area contributed by atoms with E-state index in [1.54, 1.807) is 29.2 Å². The Morgan fingerprint density at radius 2 is 1.68 bits per heavy atom. The molecule has 150 valence electrons. The number of aryl methyl sites for hydroxylation is 2. The van der Waals surface area contributed by atoms with Crippen molar-refractivity contribution in [2.75, 3.05) is 37.6 Å². The van der Waals surface area contributed by atoms with Crippen molar-refractivity contribution < 1.29 is 22.7 Å². The molecule has 1 heterocycles. The number of carbonyl (C=O) groups excluding carboxylic acids is 1. The molecule has 7 nitrogen and oxygen atoms in total. The molecule has 0 aliphatic carbocycles. The van der Waals surface area contributed by atoms with Gasteiger partial charge in [0.1, 0.15) is 5.75 Å². The number of sulfonamides is 1. The minimum atomic E-state index is -3.71. The average molecular weight is 404 g/mol. The van der Waals surface area contributed by atoms with Crippen molar-refractivity contribution >= 4 is 21.6 Å². The minimum Gasteiger partial charge on any atom is -0.484 e. The third-order valence-corrected chi connectivity index (χ3v) is 5.73. The number of morpholine rings is 1. The van der Waals surface area contributed by atoms with E-state index in [4.69, 9.17) is 9.47 Å². The minimum absolute atomic E-state index is 0.0904. The second-order valence-electron chi connectivity index (χ2n) is 6.74. The molecule has 2 aromatic rings. The van der Waals surface area contributed by atoms with Gasteiger partial charge in [-0.15, -0.1) is 0 Å². The van der Waals surface area contributed by atoms with Crippen LogP contribution in [0.1, 0.15) is 11.1 Å². The third kappa shape index (κ3) is 5.24. The molecule has 0 bridgehead atoms. The first-order valence-electron chi connectivity index (χ1n) is 9.03. The van der Waals surface area contributed by atoms with Crippen LogP contribution < -0.4 is 9.46 Å². The van der Waals surface area contributed by atoms with Gasteiger partial charge in [0.25, 0.3) is 15.9 Å². The quantitative estimate of drug-likeness (QED) is 0.799. The number of nitrogens with one attached hydrogen (secondary N) is 1. The van der Waals surface area contributed by atoms with Crippen molar-refractivity contribution in [1.82, 2.24) is 4.90 Å². The Kier molecular flexibility index (Phi) is 6.21. The predicted molar refractivity (Wildman–Crippen MR) is 106 cm³/mol. The van der Waals surface area contributed by atoms with Crippen LogP contribution in [0.5, 0.6) is 5.75 Å². The highest BCUT2D eigenvalue weighted by molar-refractivity contribution is 7.92. The Balaban J connectivity index is 1.61. The number of anilines is 1. The van der Waals surface area contributed by atoms with Crippen LogP contribution in [0, 0.1) is 13.8 Å². The molecule has 2 aromatic carbocycles. The summed E-state index contributed by atoms with van der Waals surface area (Å²) in [5.74, 6) is 0.323. The summed E-state index contributed by atoms with van der Waals surface area (Å²) in [5, 5.41) is 0. The lowest BCUT2D eigenvalue weighted by atomic mass is 10.1. The lowest BCUT2D eigenvalue weighted by Gasteiger charge is -2.26. The first-order chi connectivity index (χ1) is 13.3. The topological polar surface area (TPSA) is 84.9 Å². The molecule has 3 rings (SSSR count). The highest BCUT2D eigenvalue weighted by Crippen LogP contribution is 2.21. The van der Waals surface area contributed by atoms with Gasteiger partial charge in [0, 0.05) is 18.8 Å². The second kappa shape index (κ2) is 8.62. The SMILES string of the molecule is Cc1cc(C)cc(NS(=O)(=O)c2ccc(OCC(=O)N3CCOCC3)cc2)c1. The molecule has 1 aliphatic heterocycles. The van der Waals surface area contributed by atoms with Crippen LogP contribution in [0.4, 0.5) is 5.69 Å². The van der Waals surface area contributed by atoms with E-state index < -0.39 is 10.0 Å². The van der Waals surface area contributed by atoms with Gasteiger partial charge in [0.05, 0.1) is 18.1 Å². The molecule has 0 spiro atoms. The molecule has 0 unspecified atom stereocenters. The van der Waals surface area contributed by atoms with Gasteiger partial charge in [-0.25, -0.2) is 8.42 Å². The summed E-state index contributed by atoms with van der Waals surface area (Å²) < 4.78 is 38.5. The van der Waals surface area contributed by atoms with Crippen molar-refractivity contribution in [3.05, 3.63) is 53.6 Å². The van der Waals surface area contributed by atoms with Crippen molar-refractivity contribution in [3.8, 4) is 5.75 Å². The summed E-state index contributed by atoms with van der Waals surface area (Å²) in [4.78, 5) is 13.9. The van der Waals surface area contributed by atoms with Gasteiger partial charge >= 0.3 is 0 Å². The Hall–Kier alpha value is -2.58. The van der Waals surface area contributed by atoms with Gasteiger partial charge in [0.2, 0.25) is 0 Å². The lowest BCUT2D eigenvalue weighted by molar-refractivity contribution is -0.137. The third-order valence-electron chi connectivity index (χ3n) is 4.33. The monoisotopic (exact) mass is 404 g/mol. The first-order valence-corrected chi connectivity index (χ1v) is 10.5. The summed E-state index contributed by atoms with van der Waals surface area (Å²) in [5.41, 5.74) is 2.48. The van der Waals surface area contributed by atoms with Crippen LogP contribution in [-0.2, 0) is 19.6 Å². The molecule has 1 aliphatic rings.